The summed E-state index contributed by atoms with van der Waals surface area (Å²) >= 11 is 0. The first kappa shape index (κ1) is 24.1. The van der Waals surface area contributed by atoms with Crippen molar-refractivity contribution in [1.29, 1.82) is 0 Å². The highest BCUT2D eigenvalue weighted by Crippen LogP contribution is 2.18. The third kappa shape index (κ3) is 7.24. The molecule has 1 heterocycles. The van der Waals surface area contributed by atoms with E-state index in [1.54, 1.807) is 18.9 Å². The number of benzene rings is 2. The molecule has 1 fully saturated rings. The summed E-state index contributed by atoms with van der Waals surface area (Å²) in [5.74, 6) is -0.329. The zero-order valence-electron chi connectivity index (χ0n) is 19.2. The molecule has 0 radical (unpaired) electrons. The van der Waals surface area contributed by atoms with Gasteiger partial charge in [-0.2, -0.15) is 0 Å². The maximum Gasteiger partial charge on any atom is 0.410 e. The highest BCUT2D eigenvalue weighted by Gasteiger charge is 2.24. The zero-order valence-corrected chi connectivity index (χ0v) is 19.2. The number of piperazine rings is 1. The van der Waals surface area contributed by atoms with Crippen LogP contribution in [0.25, 0.3) is 0 Å². The zero-order chi connectivity index (χ0) is 23.6. The van der Waals surface area contributed by atoms with E-state index in [1.165, 1.54) is 4.90 Å². The van der Waals surface area contributed by atoms with Crippen LogP contribution in [-0.2, 0) is 32.1 Å². The fourth-order valence-electron chi connectivity index (χ4n) is 3.61. The van der Waals surface area contributed by atoms with Gasteiger partial charge >= 0.3 is 12.1 Å². The Balaban J connectivity index is 1.42. The van der Waals surface area contributed by atoms with Crippen molar-refractivity contribution >= 4 is 23.7 Å². The van der Waals surface area contributed by atoms with Gasteiger partial charge in [0.25, 0.3) is 0 Å². The summed E-state index contributed by atoms with van der Waals surface area (Å²) in [6.45, 7) is 4.89. The quantitative estimate of drug-likeness (QED) is 0.572. The summed E-state index contributed by atoms with van der Waals surface area (Å²) in [6.07, 6.45) is -0.258. The van der Waals surface area contributed by atoms with Crippen LogP contribution in [0.1, 0.15) is 18.1 Å². The van der Waals surface area contributed by atoms with E-state index >= 15 is 0 Å². The number of amides is 2. The Hall–Kier alpha value is -3.55. The Bertz CT molecular complexity index is 925. The number of rotatable bonds is 8. The number of nitrogens with zero attached hydrogens (tertiary/aromatic N) is 3. The molecule has 8 nitrogen and oxygen atoms in total. The largest absolute Gasteiger partial charge is 0.466 e. The van der Waals surface area contributed by atoms with Crippen LogP contribution in [0.4, 0.5) is 10.5 Å². The predicted octanol–water partition coefficient (Wildman–Crippen LogP) is 2.71. The Morgan fingerprint density at radius 2 is 1.55 bits per heavy atom. The minimum atomic E-state index is -0.520. The maximum atomic E-state index is 12.6. The Labute approximate surface area is 194 Å². The molecule has 1 aliphatic heterocycles. The van der Waals surface area contributed by atoms with Crippen LogP contribution in [0.15, 0.2) is 54.6 Å². The van der Waals surface area contributed by atoms with Gasteiger partial charge in [0, 0.05) is 38.9 Å². The summed E-state index contributed by atoms with van der Waals surface area (Å²) in [4.78, 5) is 41.7. The van der Waals surface area contributed by atoms with Crippen molar-refractivity contribution in [2.24, 2.45) is 0 Å². The molecule has 3 rings (SSSR count). The molecule has 0 bridgehead atoms. The summed E-state index contributed by atoms with van der Waals surface area (Å²) in [7, 11) is 1.57. The van der Waals surface area contributed by atoms with Crippen LogP contribution >= 0.6 is 0 Å². The molecule has 0 aromatic heterocycles. The van der Waals surface area contributed by atoms with Crippen molar-refractivity contribution in [2.45, 2.75) is 20.0 Å². The standard InChI is InChI=1S/C25H31N3O5/c1-3-32-24(30)17-20-9-11-22(12-10-20)27-13-15-28(16-14-27)23(29)18-26(2)25(31)33-19-21-7-5-4-6-8-21/h4-12H,3,13-19H2,1-2H3. The Morgan fingerprint density at radius 1 is 0.879 bits per heavy atom. The van der Waals surface area contributed by atoms with Gasteiger partial charge < -0.3 is 24.2 Å². The second-order valence-corrected chi connectivity index (χ2v) is 7.91. The molecular weight excluding hydrogens is 422 g/mol. The van der Waals surface area contributed by atoms with Crippen molar-refractivity contribution in [3.8, 4) is 0 Å². The molecule has 1 aliphatic rings. The molecule has 1 saturated heterocycles. The van der Waals surface area contributed by atoms with Crippen molar-refractivity contribution in [2.75, 3.05) is 51.3 Å². The monoisotopic (exact) mass is 453 g/mol. The third-order valence-corrected chi connectivity index (χ3v) is 5.48. The molecule has 0 saturated carbocycles. The van der Waals surface area contributed by atoms with Gasteiger partial charge in [0.05, 0.1) is 13.0 Å². The van der Waals surface area contributed by atoms with E-state index in [-0.39, 0.29) is 31.4 Å². The minimum absolute atomic E-state index is 0.0177. The van der Waals surface area contributed by atoms with Crippen LogP contribution in [0.5, 0.6) is 0 Å². The molecule has 2 amide bonds. The molecule has 2 aromatic rings. The highest BCUT2D eigenvalue weighted by molar-refractivity contribution is 5.82. The summed E-state index contributed by atoms with van der Waals surface area (Å²) in [5.41, 5.74) is 2.86. The molecule has 0 N–H and O–H groups in total. The molecule has 0 atom stereocenters. The lowest BCUT2D eigenvalue weighted by Crippen LogP contribution is -2.51. The van der Waals surface area contributed by atoms with Crippen molar-refractivity contribution < 1.29 is 23.9 Å². The lowest BCUT2D eigenvalue weighted by molar-refractivity contribution is -0.142. The highest BCUT2D eigenvalue weighted by atomic mass is 16.6. The van der Waals surface area contributed by atoms with Gasteiger partial charge in [-0.25, -0.2) is 4.79 Å². The van der Waals surface area contributed by atoms with E-state index in [4.69, 9.17) is 9.47 Å². The Kier molecular flexibility index (Phi) is 8.69. The first-order chi connectivity index (χ1) is 16.0. The van der Waals surface area contributed by atoms with Crippen molar-refractivity contribution in [3.63, 3.8) is 0 Å². The van der Waals surface area contributed by atoms with Gasteiger partial charge in [-0.05, 0) is 30.2 Å². The lowest BCUT2D eigenvalue weighted by Gasteiger charge is -2.36. The summed E-state index contributed by atoms with van der Waals surface area (Å²) in [5, 5.41) is 0. The van der Waals surface area contributed by atoms with Gasteiger partial charge in [-0.1, -0.05) is 42.5 Å². The number of hydrogen-bond donors (Lipinski definition) is 0. The molecule has 33 heavy (non-hydrogen) atoms. The maximum absolute atomic E-state index is 12.6. The van der Waals surface area contributed by atoms with Gasteiger partial charge in [-0.15, -0.1) is 0 Å². The SMILES string of the molecule is CCOC(=O)Cc1ccc(N2CCN(C(=O)CN(C)C(=O)OCc3ccccc3)CC2)cc1. The number of anilines is 1. The molecule has 2 aromatic carbocycles. The first-order valence-corrected chi connectivity index (χ1v) is 11.2. The van der Waals surface area contributed by atoms with Gasteiger partial charge in [0.1, 0.15) is 13.2 Å². The molecule has 0 unspecified atom stereocenters. The predicted molar refractivity (Wildman–Crippen MR) is 125 cm³/mol. The molecule has 8 heteroatoms. The fraction of sp³-hybridized carbons (Fsp3) is 0.400. The van der Waals surface area contributed by atoms with E-state index in [0.717, 1.165) is 16.8 Å². The number of hydrogen-bond acceptors (Lipinski definition) is 6. The Morgan fingerprint density at radius 3 is 2.18 bits per heavy atom. The van der Waals surface area contributed by atoms with Crippen LogP contribution in [0.2, 0.25) is 0 Å². The molecular formula is C25H31N3O5. The fourth-order valence-corrected chi connectivity index (χ4v) is 3.61. The lowest BCUT2D eigenvalue weighted by atomic mass is 10.1. The van der Waals surface area contributed by atoms with E-state index in [9.17, 15) is 14.4 Å². The second kappa shape index (κ2) is 11.9. The normalized spacial score (nSPS) is 13.4. The van der Waals surface area contributed by atoms with E-state index in [2.05, 4.69) is 4.90 Å². The molecule has 176 valence electrons. The van der Waals surface area contributed by atoms with Crippen LogP contribution in [-0.4, -0.2) is 74.1 Å². The number of likely N-dealkylation sites (N-methyl/N-ethyl adjacent to an activating group) is 1. The van der Waals surface area contributed by atoms with E-state index in [1.807, 2.05) is 54.6 Å². The average Bonchev–Trinajstić information content (AvgIpc) is 2.84. The smallest absolute Gasteiger partial charge is 0.410 e. The molecule has 0 spiro atoms. The van der Waals surface area contributed by atoms with Gasteiger partial charge in [-0.3, -0.25) is 9.59 Å². The third-order valence-electron chi connectivity index (χ3n) is 5.48. The first-order valence-electron chi connectivity index (χ1n) is 11.2. The van der Waals surface area contributed by atoms with E-state index < -0.39 is 6.09 Å². The van der Waals surface area contributed by atoms with Gasteiger partial charge in [0.2, 0.25) is 5.91 Å². The molecule has 0 aliphatic carbocycles. The van der Waals surface area contributed by atoms with E-state index in [0.29, 0.717) is 32.8 Å². The van der Waals surface area contributed by atoms with Crippen molar-refractivity contribution in [1.82, 2.24) is 9.80 Å². The topological polar surface area (TPSA) is 79.4 Å². The summed E-state index contributed by atoms with van der Waals surface area (Å²) in [6, 6.07) is 17.3. The minimum Gasteiger partial charge on any atom is -0.466 e. The number of carbonyl (C=O) groups excluding carboxylic acids is 3. The number of ether oxygens (including phenoxy) is 2. The van der Waals surface area contributed by atoms with Crippen LogP contribution in [0.3, 0.4) is 0 Å². The average molecular weight is 454 g/mol. The van der Waals surface area contributed by atoms with Crippen LogP contribution < -0.4 is 4.90 Å². The summed E-state index contributed by atoms with van der Waals surface area (Å²) < 4.78 is 10.3. The number of esters is 1. The van der Waals surface area contributed by atoms with Gasteiger partial charge in [0.15, 0.2) is 0 Å². The van der Waals surface area contributed by atoms with Crippen LogP contribution in [0, 0.1) is 0 Å². The number of carbonyl (C=O) groups is 3. The second-order valence-electron chi connectivity index (χ2n) is 7.91. The van der Waals surface area contributed by atoms with Crippen molar-refractivity contribution in [3.05, 3.63) is 65.7 Å².